The largest absolute Gasteiger partial charge is 0.392 e. The summed E-state index contributed by atoms with van der Waals surface area (Å²) in [6.45, 7) is 3.59. The lowest BCUT2D eigenvalue weighted by Crippen LogP contribution is -2.58. The molecule has 1 atom stereocenters. The first-order chi connectivity index (χ1) is 9.54. The van der Waals surface area contributed by atoms with Crippen molar-refractivity contribution in [2.24, 2.45) is 0 Å². The van der Waals surface area contributed by atoms with E-state index < -0.39 is 6.10 Å². The van der Waals surface area contributed by atoms with Crippen molar-refractivity contribution in [2.75, 3.05) is 19.6 Å². The van der Waals surface area contributed by atoms with Gasteiger partial charge >= 0.3 is 6.03 Å². The van der Waals surface area contributed by atoms with Crippen LogP contribution in [0.2, 0.25) is 5.02 Å². The SMILES string of the molecule is CC(O)CNC(=O)N1CC(OCc2ccc(Cl)cc2)C1. The van der Waals surface area contributed by atoms with E-state index in [1.807, 2.05) is 24.3 Å². The van der Waals surface area contributed by atoms with Crippen LogP contribution in [0.5, 0.6) is 0 Å². The number of nitrogens with zero attached hydrogens (tertiary/aromatic N) is 1. The van der Waals surface area contributed by atoms with Crippen LogP contribution in [0.25, 0.3) is 0 Å². The fourth-order valence-electron chi connectivity index (χ4n) is 1.85. The minimum absolute atomic E-state index is 0.0722. The minimum atomic E-state index is -0.530. The number of ether oxygens (including phenoxy) is 1. The zero-order valence-corrected chi connectivity index (χ0v) is 12.1. The smallest absolute Gasteiger partial charge is 0.317 e. The lowest BCUT2D eigenvalue weighted by atomic mass is 10.2. The molecule has 1 saturated heterocycles. The molecule has 0 aliphatic carbocycles. The normalized spacial score (nSPS) is 16.6. The van der Waals surface area contributed by atoms with Crippen molar-refractivity contribution in [3.8, 4) is 0 Å². The highest BCUT2D eigenvalue weighted by Crippen LogP contribution is 2.15. The van der Waals surface area contributed by atoms with Crippen molar-refractivity contribution >= 4 is 17.6 Å². The van der Waals surface area contributed by atoms with Crippen molar-refractivity contribution in [3.05, 3.63) is 34.9 Å². The summed E-state index contributed by atoms with van der Waals surface area (Å²) in [5.74, 6) is 0. The Balaban J connectivity index is 1.64. The zero-order chi connectivity index (χ0) is 14.5. The van der Waals surface area contributed by atoms with Gasteiger partial charge < -0.3 is 20.1 Å². The highest BCUT2D eigenvalue weighted by Gasteiger charge is 2.31. The second kappa shape index (κ2) is 6.92. The van der Waals surface area contributed by atoms with E-state index >= 15 is 0 Å². The number of carbonyl (C=O) groups is 1. The molecule has 1 aromatic carbocycles. The van der Waals surface area contributed by atoms with Gasteiger partial charge in [-0.15, -0.1) is 0 Å². The fraction of sp³-hybridized carbons (Fsp3) is 0.500. The molecular weight excluding hydrogens is 280 g/mol. The lowest BCUT2D eigenvalue weighted by molar-refractivity contribution is -0.0444. The molecule has 2 rings (SSSR count). The Hall–Kier alpha value is -1.30. The van der Waals surface area contributed by atoms with Crippen molar-refractivity contribution in [1.82, 2.24) is 10.2 Å². The molecule has 2 amide bonds. The third-order valence-electron chi connectivity index (χ3n) is 3.08. The molecular formula is C14H19ClN2O3. The quantitative estimate of drug-likeness (QED) is 0.868. The maximum atomic E-state index is 11.6. The van der Waals surface area contributed by atoms with Gasteiger partial charge in [0.05, 0.1) is 31.9 Å². The number of amides is 2. The average molecular weight is 299 g/mol. The zero-order valence-electron chi connectivity index (χ0n) is 11.4. The molecule has 1 heterocycles. The van der Waals surface area contributed by atoms with E-state index in [9.17, 15) is 4.79 Å². The Labute approximate surface area is 123 Å². The van der Waals surface area contributed by atoms with E-state index in [-0.39, 0.29) is 18.7 Å². The first-order valence-electron chi connectivity index (χ1n) is 6.61. The summed E-state index contributed by atoms with van der Waals surface area (Å²) in [4.78, 5) is 13.3. The molecule has 0 spiro atoms. The predicted octanol–water partition coefficient (Wildman–Crippen LogP) is 1.63. The van der Waals surface area contributed by atoms with Gasteiger partial charge in [0, 0.05) is 11.6 Å². The highest BCUT2D eigenvalue weighted by atomic mass is 35.5. The fourth-order valence-corrected chi connectivity index (χ4v) is 1.98. The number of aliphatic hydroxyl groups is 1. The van der Waals surface area contributed by atoms with Crippen LogP contribution in [0.4, 0.5) is 4.79 Å². The molecule has 0 saturated carbocycles. The van der Waals surface area contributed by atoms with Crippen LogP contribution in [-0.2, 0) is 11.3 Å². The number of likely N-dealkylation sites (tertiary alicyclic amines) is 1. The number of halogens is 1. The van der Waals surface area contributed by atoms with Gasteiger partial charge in [0.2, 0.25) is 0 Å². The number of hydrogen-bond donors (Lipinski definition) is 2. The van der Waals surface area contributed by atoms with Gasteiger partial charge in [-0.1, -0.05) is 23.7 Å². The predicted molar refractivity (Wildman–Crippen MR) is 76.7 cm³/mol. The Kier molecular flexibility index (Phi) is 5.23. The van der Waals surface area contributed by atoms with Crippen LogP contribution >= 0.6 is 11.6 Å². The second-order valence-electron chi connectivity index (χ2n) is 5.00. The van der Waals surface area contributed by atoms with Crippen LogP contribution in [-0.4, -0.2) is 47.9 Å². The molecule has 1 fully saturated rings. The Morgan fingerprint density at radius 2 is 2.15 bits per heavy atom. The van der Waals surface area contributed by atoms with Gasteiger partial charge in [-0.3, -0.25) is 0 Å². The number of rotatable bonds is 5. The van der Waals surface area contributed by atoms with E-state index in [2.05, 4.69) is 5.32 Å². The summed E-state index contributed by atoms with van der Waals surface area (Å²) in [5.41, 5.74) is 1.06. The van der Waals surface area contributed by atoms with E-state index in [4.69, 9.17) is 21.4 Å². The van der Waals surface area contributed by atoms with Gasteiger partial charge in [0.25, 0.3) is 0 Å². The molecule has 0 bridgehead atoms. The maximum Gasteiger partial charge on any atom is 0.317 e. The van der Waals surface area contributed by atoms with Gasteiger partial charge in [-0.25, -0.2) is 4.79 Å². The highest BCUT2D eigenvalue weighted by molar-refractivity contribution is 6.30. The van der Waals surface area contributed by atoms with E-state index in [0.717, 1.165) is 5.56 Å². The number of hydrogen-bond acceptors (Lipinski definition) is 3. The Morgan fingerprint density at radius 1 is 1.50 bits per heavy atom. The number of carbonyl (C=O) groups excluding carboxylic acids is 1. The topological polar surface area (TPSA) is 61.8 Å². The lowest BCUT2D eigenvalue weighted by Gasteiger charge is -2.38. The number of urea groups is 1. The van der Waals surface area contributed by atoms with Gasteiger partial charge in [0.15, 0.2) is 0 Å². The third kappa shape index (κ3) is 4.37. The van der Waals surface area contributed by atoms with E-state index in [0.29, 0.717) is 24.7 Å². The standard InChI is InChI=1S/C14H19ClN2O3/c1-10(18)6-16-14(19)17-7-13(8-17)20-9-11-2-4-12(15)5-3-11/h2-5,10,13,18H,6-9H2,1H3,(H,16,19). The van der Waals surface area contributed by atoms with Gasteiger partial charge in [0.1, 0.15) is 0 Å². The number of aliphatic hydroxyl groups excluding tert-OH is 1. The van der Waals surface area contributed by atoms with Crippen LogP contribution in [0.15, 0.2) is 24.3 Å². The summed E-state index contributed by atoms with van der Waals surface area (Å²) in [6.07, 6.45) is -0.458. The minimum Gasteiger partial charge on any atom is -0.392 e. The average Bonchev–Trinajstić information content (AvgIpc) is 2.36. The summed E-state index contributed by atoms with van der Waals surface area (Å²) in [5, 5.41) is 12.4. The molecule has 0 aromatic heterocycles. The Bertz CT molecular complexity index is 444. The number of benzene rings is 1. The van der Waals surface area contributed by atoms with E-state index in [1.165, 1.54) is 0 Å². The molecule has 5 nitrogen and oxygen atoms in total. The summed E-state index contributed by atoms with van der Waals surface area (Å²) < 4.78 is 5.70. The molecule has 6 heteroatoms. The molecule has 1 aliphatic rings. The summed E-state index contributed by atoms with van der Waals surface area (Å²) >= 11 is 5.81. The van der Waals surface area contributed by atoms with Gasteiger partial charge in [-0.05, 0) is 24.6 Å². The van der Waals surface area contributed by atoms with Crippen LogP contribution < -0.4 is 5.32 Å². The maximum absolute atomic E-state index is 11.6. The molecule has 0 radical (unpaired) electrons. The first-order valence-corrected chi connectivity index (χ1v) is 6.99. The summed E-state index contributed by atoms with van der Waals surface area (Å²) in [7, 11) is 0. The summed E-state index contributed by atoms with van der Waals surface area (Å²) in [6, 6.07) is 7.35. The van der Waals surface area contributed by atoms with Crippen molar-refractivity contribution in [2.45, 2.75) is 25.7 Å². The molecule has 2 N–H and O–H groups in total. The van der Waals surface area contributed by atoms with Gasteiger partial charge in [-0.2, -0.15) is 0 Å². The van der Waals surface area contributed by atoms with E-state index in [1.54, 1.807) is 11.8 Å². The molecule has 20 heavy (non-hydrogen) atoms. The van der Waals surface area contributed by atoms with Crippen LogP contribution in [0.3, 0.4) is 0 Å². The molecule has 1 unspecified atom stereocenters. The van der Waals surface area contributed by atoms with Crippen molar-refractivity contribution in [1.29, 1.82) is 0 Å². The van der Waals surface area contributed by atoms with Crippen molar-refractivity contribution in [3.63, 3.8) is 0 Å². The van der Waals surface area contributed by atoms with Crippen molar-refractivity contribution < 1.29 is 14.6 Å². The molecule has 110 valence electrons. The molecule has 1 aliphatic heterocycles. The van der Waals surface area contributed by atoms with Crippen LogP contribution in [0.1, 0.15) is 12.5 Å². The molecule has 1 aromatic rings. The number of nitrogens with one attached hydrogen (secondary N) is 1. The second-order valence-corrected chi connectivity index (χ2v) is 5.44. The monoisotopic (exact) mass is 298 g/mol. The Morgan fingerprint density at radius 3 is 2.75 bits per heavy atom. The van der Waals surface area contributed by atoms with Crippen LogP contribution in [0, 0.1) is 0 Å². The third-order valence-corrected chi connectivity index (χ3v) is 3.33. The first kappa shape index (κ1) is 15.1.